The van der Waals surface area contributed by atoms with Crippen molar-refractivity contribution in [2.45, 2.75) is 19.3 Å². The van der Waals surface area contributed by atoms with E-state index in [2.05, 4.69) is 15.3 Å². The van der Waals surface area contributed by atoms with Crippen molar-refractivity contribution in [3.63, 3.8) is 0 Å². The summed E-state index contributed by atoms with van der Waals surface area (Å²) in [6.07, 6.45) is 6.01. The zero-order chi connectivity index (χ0) is 11.4. The lowest BCUT2D eigenvalue weighted by Gasteiger charge is -2.17. The van der Waals surface area contributed by atoms with Crippen molar-refractivity contribution in [2.24, 2.45) is 17.6 Å². The van der Waals surface area contributed by atoms with Crippen LogP contribution in [-0.4, -0.2) is 23.1 Å². The Labute approximate surface area is 94.5 Å². The van der Waals surface area contributed by atoms with Gasteiger partial charge in [-0.25, -0.2) is 14.4 Å². The maximum absolute atomic E-state index is 12.6. The molecule has 0 saturated heterocycles. The number of rotatable bonds is 4. The fourth-order valence-electron chi connectivity index (χ4n) is 2.32. The van der Waals surface area contributed by atoms with Gasteiger partial charge in [0.25, 0.3) is 0 Å². The third-order valence-corrected chi connectivity index (χ3v) is 3.26. The first-order chi connectivity index (χ1) is 7.79. The molecule has 0 spiro atoms. The van der Waals surface area contributed by atoms with Gasteiger partial charge in [0.05, 0.1) is 12.4 Å². The highest BCUT2D eigenvalue weighted by Gasteiger charge is 2.25. The van der Waals surface area contributed by atoms with Gasteiger partial charge in [-0.1, -0.05) is 6.42 Å². The minimum Gasteiger partial charge on any atom is -0.354 e. The van der Waals surface area contributed by atoms with Gasteiger partial charge in [-0.2, -0.15) is 0 Å². The van der Waals surface area contributed by atoms with E-state index in [0.717, 1.165) is 13.1 Å². The molecule has 5 heteroatoms. The molecule has 1 aliphatic carbocycles. The fraction of sp³-hybridized carbons (Fsp3) is 0.636. The van der Waals surface area contributed by atoms with E-state index < -0.39 is 5.82 Å². The maximum atomic E-state index is 12.6. The number of nitrogens with one attached hydrogen (secondary N) is 1. The van der Waals surface area contributed by atoms with Crippen LogP contribution in [0.4, 0.5) is 10.3 Å². The summed E-state index contributed by atoms with van der Waals surface area (Å²) in [7, 11) is 0. The van der Waals surface area contributed by atoms with Crippen LogP contribution in [0, 0.1) is 17.7 Å². The monoisotopic (exact) mass is 224 g/mol. The molecule has 3 N–H and O–H groups in total. The van der Waals surface area contributed by atoms with Crippen LogP contribution in [0.5, 0.6) is 0 Å². The fourth-order valence-corrected chi connectivity index (χ4v) is 2.32. The van der Waals surface area contributed by atoms with E-state index >= 15 is 0 Å². The average Bonchev–Trinajstić information content (AvgIpc) is 2.76. The van der Waals surface area contributed by atoms with Gasteiger partial charge in [0.2, 0.25) is 5.95 Å². The number of hydrogen-bond acceptors (Lipinski definition) is 4. The third-order valence-electron chi connectivity index (χ3n) is 3.26. The van der Waals surface area contributed by atoms with Gasteiger partial charge in [-0.3, -0.25) is 0 Å². The molecule has 1 fully saturated rings. The molecule has 4 nitrogen and oxygen atoms in total. The number of aromatic nitrogens is 2. The Kier molecular flexibility index (Phi) is 3.66. The van der Waals surface area contributed by atoms with Gasteiger partial charge in [0, 0.05) is 6.54 Å². The van der Waals surface area contributed by atoms with E-state index in [9.17, 15) is 4.39 Å². The second-order valence-electron chi connectivity index (χ2n) is 4.29. The van der Waals surface area contributed by atoms with Crippen molar-refractivity contribution in [1.29, 1.82) is 0 Å². The van der Waals surface area contributed by atoms with Crippen molar-refractivity contribution in [3.05, 3.63) is 18.2 Å². The van der Waals surface area contributed by atoms with Crippen LogP contribution < -0.4 is 11.1 Å². The molecule has 0 aromatic carbocycles. The predicted molar refractivity (Wildman–Crippen MR) is 60.4 cm³/mol. The van der Waals surface area contributed by atoms with Crippen LogP contribution in [0.15, 0.2) is 12.4 Å². The summed E-state index contributed by atoms with van der Waals surface area (Å²) in [6.45, 7) is 1.57. The van der Waals surface area contributed by atoms with Crippen molar-refractivity contribution in [2.75, 3.05) is 18.4 Å². The highest BCUT2D eigenvalue weighted by Crippen LogP contribution is 2.30. The summed E-state index contributed by atoms with van der Waals surface area (Å²) < 4.78 is 12.6. The van der Waals surface area contributed by atoms with Crippen molar-refractivity contribution in [3.8, 4) is 0 Å². The molecule has 1 aromatic heterocycles. The van der Waals surface area contributed by atoms with E-state index in [1.165, 1.54) is 31.7 Å². The molecule has 1 aromatic rings. The lowest BCUT2D eigenvalue weighted by molar-refractivity contribution is 0.413. The second-order valence-corrected chi connectivity index (χ2v) is 4.29. The Balaban J connectivity index is 1.85. The zero-order valence-corrected chi connectivity index (χ0v) is 9.19. The smallest absolute Gasteiger partial charge is 0.222 e. The third kappa shape index (κ3) is 2.66. The summed E-state index contributed by atoms with van der Waals surface area (Å²) in [5.74, 6) is 1.28. The number of hydrogen-bond donors (Lipinski definition) is 2. The molecule has 1 aliphatic rings. The first-order valence-electron chi connectivity index (χ1n) is 5.71. The van der Waals surface area contributed by atoms with Crippen LogP contribution in [-0.2, 0) is 0 Å². The molecule has 0 radical (unpaired) electrons. The van der Waals surface area contributed by atoms with E-state index in [-0.39, 0.29) is 0 Å². The van der Waals surface area contributed by atoms with Gasteiger partial charge in [-0.15, -0.1) is 0 Å². The van der Waals surface area contributed by atoms with Crippen molar-refractivity contribution in [1.82, 2.24) is 9.97 Å². The Morgan fingerprint density at radius 2 is 2.00 bits per heavy atom. The highest BCUT2D eigenvalue weighted by atomic mass is 19.1. The van der Waals surface area contributed by atoms with Gasteiger partial charge >= 0.3 is 0 Å². The molecule has 16 heavy (non-hydrogen) atoms. The summed E-state index contributed by atoms with van der Waals surface area (Å²) in [5, 5.41) is 3.13. The molecule has 0 aliphatic heterocycles. The minimum atomic E-state index is -0.411. The largest absolute Gasteiger partial charge is 0.354 e. The molecule has 1 heterocycles. The van der Waals surface area contributed by atoms with E-state index in [0.29, 0.717) is 17.8 Å². The molecule has 2 atom stereocenters. The molecule has 88 valence electrons. The number of halogens is 1. The van der Waals surface area contributed by atoms with Gasteiger partial charge in [0.15, 0.2) is 5.82 Å². The van der Waals surface area contributed by atoms with Gasteiger partial charge in [0.1, 0.15) is 0 Å². The summed E-state index contributed by atoms with van der Waals surface area (Å²) in [5.41, 5.74) is 5.70. The first kappa shape index (κ1) is 11.3. The Morgan fingerprint density at radius 3 is 2.69 bits per heavy atom. The zero-order valence-electron chi connectivity index (χ0n) is 9.19. The van der Waals surface area contributed by atoms with Crippen LogP contribution in [0.3, 0.4) is 0 Å². The highest BCUT2D eigenvalue weighted by molar-refractivity contribution is 5.22. The topological polar surface area (TPSA) is 63.8 Å². The summed E-state index contributed by atoms with van der Waals surface area (Å²) in [6, 6.07) is 0. The molecule has 1 saturated carbocycles. The SMILES string of the molecule is NCC1CCCC1CNc1ncc(F)cn1. The number of nitrogens with zero attached hydrogens (tertiary/aromatic N) is 2. The Bertz CT molecular complexity index is 327. The van der Waals surface area contributed by atoms with Crippen LogP contribution >= 0.6 is 0 Å². The standard InChI is InChI=1S/C11H17FN4/c12-10-6-15-11(16-7-10)14-5-9-3-1-2-8(9)4-13/h6-9H,1-5,13H2,(H,14,15,16). The number of anilines is 1. The molecular formula is C11H17FN4. The van der Waals surface area contributed by atoms with Crippen molar-refractivity contribution < 1.29 is 4.39 Å². The Hall–Kier alpha value is -1.23. The van der Waals surface area contributed by atoms with E-state index in [1.807, 2.05) is 0 Å². The van der Waals surface area contributed by atoms with E-state index in [1.54, 1.807) is 0 Å². The average molecular weight is 224 g/mol. The maximum Gasteiger partial charge on any atom is 0.222 e. The molecule has 0 amide bonds. The minimum absolute atomic E-state index is 0.411. The second kappa shape index (κ2) is 5.21. The van der Waals surface area contributed by atoms with E-state index in [4.69, 9.17) is 5.73 Å². The first-order valence-corrected chi connectivity index (χ1v) is 5.71. The van der Waals surface area contributed by atoms with Gasteiger partial charge < -0.3 is 11.1 Å². The predicted octanol–water partition coefficient (Wildman–Crippen LogP) is 1.40. The quantitative estimate of drug-likeness (QED) is 0.811. The van der Waals surface area contributed by atoms with Crippen molar-refractivity contribution >= 4 is 5.95 Å². The summed E-state index contributed by atoms with van der Waals surface area (Å²) >= 11 is 0. The molecular weight excluding hydrogens is 207 g/mol. The summed E-state index contributed by atoms with van der Waals surface area (Å²) in [4.78, 5) is 7.72. The lowest BCUT2D eigenvalue weighted by atomic mass is 9.96. The van der Waals surface area contributed by atoms with Crippen LogP contribution in [0.2, 0.25) is 0 Å². The van der Waals surface area contributed by atoms with Crippen LogP contribution in [0.25, 0.3) is 0 Å². The van der Waals surface area contributed by atoms with Crippen LogP contribution in [0.1, 0.15) is 19.3 Å². The molecule has 2 rings (SSSR count). The number of nitrogens with two attached hydrogens (primary N) is 1. The van der Waals surface area contributed by atoms with Gasteiger partial charge in [-0.05, 0) is 31.2 Å². The molecule has 0 bridgehead atoms. The lowest BCUT2D eigenvalue weighted by Crippen LogP contribution is -2.24. The normalized spacial score (nSPS) is 24.6. The molecule has 2 unspecified atom stereocenters. The Morgan fingerprint density at radius 1 is 1.31 bits per heavy atom.